The number of aryl methyl sites for hydroxylation is 1. The van der Waals surface area contributed by atoms with Crippen molar-refractivity contribution in [2.45, 2.75) is 13.5 Å². The summed E-state index contributed by atoms with van der Waals surface area (Å²) in [6.07, 6.45) is 1.81. The van der Waals surface area contributed by atoms with Crippen LogP contribution in [0.3, 0.4) is 0 Å². The minimum atomic E-state index is -0.176. The van der Waals surface area contributed by atoms with Crippen LogP contribution in [0.1, 0.15) is 11.1 Å². The number of pyridine rings is 1. The Labute approximate surface area is 117 Å². The number of nitrogens with zero attached hydrogens (tertiary/aromatic N) is 1. The van der Waals surface area contributed by atoms with Crippen LogP contribution in [0.15, 0.2) is 54.7 Å². The van der Waals surface area contributed by atoms with Gasteiger partial charge in [-0.05, 0) is 48.4 Å². The average Bonchev–Trinajstić information content (AvgIpc) is 2.48. The maximum Gasteiger partial charge on any atom is 0.126 e. The van der Waals surface area contributed by atoms with E-state index in [1.54, 1.807) is 13.0 Å². The van der Waals surface area contributed by atoms with Crippen molar-refractivity contribution in [1.82, 2.24) is 4.98 Å². The predicted molar refractivity (Wildman–Crippen MR) is 80.2 cm³/mol. The molecule has 0 radical (unpaired) electrons. The summed E-state index contributed by atoms with van der Waals surface area (Å²) in [4.78, 5) is 4.35. The molecule has 1 aromatic heterocycles. The fraction of sp³-hybridized carbons (Fsp3) is 0.118. The van der Waals surface area contributed by atoms with Crippen LogP contribution in [-0.2, 0) is 6.54 Å². The number of para-hydroxylation sites is 1. The second-order valence-corrected chi connectivity index (χ2v) is 4.80. The first kappa shape index (κ1) is 12.6. The molecular formula is C17H15FN2. The first-order valence-electron chi connectivity index (χ1n) is 6.57. The molecule has 100 valence electrons. The van der Waals surface area contributed by atoms with E-state index in [1.807, 2.05) is 36.5 Å². The normalized spacial score (nSPS) is 10.7. The van der Waals surface area contributed by atoms with Gasteiger partial charge in [-0.2, -0.15) is 0 Å². The van der Waals surface area contributed by atoms with Crippen molar-refractivity contribution in [3.05, 3.63) is 71.7 Å². The molecule has 0 fully saturated rings. The number of nitrogens with one attached hydrogen (secondary N) is 1. The zero-order valence-electron chi connectivity index (χ0n) is 11.2. The lowest BCUT2D eigenvalue weighted by molar-refractivity contribution is 0.618. The van der Waals surface area contributed by atoms with Gasteiger partial charge in [-0.3, -0.25) is 4.98 Å². The number of halogens is 1. The van der Waals surface area contributed by atoms with E-state index in [-0.39, 0.29) is 5.82 Å². The molecule has 0 atom stereocenters. The van der Waals surface area contributed by atoms with Gasteiger partial charge in [0.25, 0.3) is 0 Å². The highest BCUT2D eigenvalue weighted by molar-refractivity contribution is 5.82. The van der Waals surface area contributed by atoms with Gasteiger partial charge in [0.2, 0.25) is 0 Å². The SMILES string of the molecule is Cc1cc(NCc2ccnc3ccccc23)ccc1F. The maximum atomic E-state index is 13.2. The van der Waals surface area contributed by atoms with Gasteiger partial charge >= 0.3 is 0 Å². The number of benzene rings is 2. The molecule has 3 rings (SSSR count). The van der Waals surface area contributed by atoms with Gasteiger partial charge in [0.1, 0.15) is 5.82 Å². The van der Waals surface area contributed by atoms with Gasteiger partial charge in [-0.15, -0.1) is 0 Å². The smallest absolute Gasteiger partial charge is 0.126 e. The van der Waals surface area contributed by atoms with Crippen LogP contribution < -0.4 is 5.32 Å². The minimum absolute atomic E-state index is 0.176. The molecule has 2 nitrogen and oxygen atoms in total. The zero-order chi connectivity index (χ0) is 13.9. The van der Waals surface area contributed by atoms with E-state index in [1.165, 1.54) is 11.6 Å². The van der Waals surface area contributed by atoms with E-state index in [9.17, 15) is 4.39 Å². The molecule has 0 amide bonds. The zero-order valence-corrected chi connectivity index (χ0v) is 11.2. The fourth-order valence-corrected chi connectivity index (χ4v) is 2.26. The van der Waals surface area contributed by atoms with Crippen LogP contribution in [0.2, 0.25) is 0 Å². The van der Waals surface area contributed by atoms with Gasteiger partial charge in [0, 0.05) is 23.8 Å². The van der Waals surface area contributed by atoms with Crippen LogP contribution in [0.5, 0.6) is 0 Å². The van der Waals surface area contributed by atoms with Crippen LogP contribution in [0, 0.1) is 12.7 Å². The standard InChI is InChI=1S/C17H15FN2/c1-12-10-14(6-7-16(12)18)20-11-13-8-9-19-17-5-3-2-4-15(13)17/h2-10,20H,11H2,1H3. The van der Waals surface area contributed by atoms with E-state index < -0.39 is 0 Å². The molecule has 1 N–H and O–H groups in total. The Morgan fingerprint density at radius 1 is 1.10 bits per heavy atom. The molecule has 0 saturated heterocycles. The summed E-state index contributed by atoms with van der Waals surface area (Å²) in [5.74, 6) is -0.176. The van der Waals surface area contributed by atoms with E-state index in [0.29, 0.717) is 12.1 Å². The monoisotopic (exact) mass is 266 g/mol. The summed E-state index contributed by atoms with van der Waals surface area (Å²) in [5, 5.41) is 4.47. The second kappa shape index (κ2) is 5.29. The van der Waals surface area contributed by atoms with Crippen LogP contribution in [-0.4, -0.2) is 4.98 Å². The van der Waals surface area contributed by atoms with Crippen molar-refractivity contribution in [1.29, 1.82) is 0 Å². The van der Waals surface area contributed by atoms with Crippen LogP contribution in [0.25, 0.3) is 10.9 Å². The lowest BCUT2D eigenvalue weighted by Crippen LogP contribution is -2.01. The lowest BCUT2D eigenvalue weighted by atomic mass is 10.1. The number of rotatable bonds is 3. The third-order valence-corrected chi connectivity index (χ3v) is 3.38. The molecule has 0 aliphatic rings. The third kappa shape index (κ3) is 2.48. The number of aromatic nitrogens is 1. The van der Waals surface area contributed by atoms with E-state index >= 15 is 0 Å². The van der Waals surface area contributed by atoms with Crippen molar-refractivity contribution < 1.29 is 4.39 Å². The van der Waals surface area contributed by atoms with Gasteiger partial charge in [-0.1, -0.05) is 18.2 Å². The highest BCUT2D eigenvalue weighted by Crippen LogP contribution is 2.19. The predicted octanol–water partition coefficient (Wildman–Crippen LogP) is 4.29. The molecule has 0 aliphatic carbocycles. The molecule has 0 aliphatic heterocycles. The van der Waals surface area contributed by atoms with Gasteiger partial charge in [0.15, 0.2) is 0 Å². The molecular weight excluding hydrogens is 251 g/mol. The molecule has 2 aromatic carbocycles. The molecule has 1 heterocycles. The highest BCUT2D eigenvalue weighted by atomic mass is 19.1. The Hall–Kier alpha value is -2.42. The number of hydrogen-bond acceptors (Lipinski definition) is 2. The summed E-state index contributed by atoms with van der Waals surface area (Å²) < 4.78 is 13.2. The molecule has 0 saturated carbocycles. The van der Waals surface area contributed by atoms with Crippen molar-refractivity contribution in [3.8, 4) is 0 Å². The van der Waals surface area contributed by atoms with E-state index in [2.05, 4.69) is 16.4 Å². The first-order valence-corrected chi connectivity index (χ1v) is 6.57. The molecule has 3 aromatic rings. The number of hydrogen-bond donors (Lipinski definition) is 1. The van der Waals surface area contributed by atoms with Crippen molar-refractivity contribution in [3.63, 3.8) is 0 Å². The first-order chi connectivity index (χ1) is 9.74. The van der Waals surface area contributed by atoms with E-state index in [0.717, 1.165) is 16.6 Å². The quantitative estimate of drug-likeness (QED) is 0.764. The van der Waals surface area contributed by atoms with Gasteiger partial charge < -0.3 is 5.32 Å². The van der Waals surface area contributed by atoms with Crippen molar-refractivity contribution >= 4 is 16.6 Å². The van der Waals surface area contributed by atoms with Crippen LogP contribution >= 0.6 is 0 Å². The van der Waals surface area contributed by atoms with Crippen LogP contribution in [0.4, 0.5) is 10.1 Å². The molecule has 0 spiro atoms. The molecule has 20 heavy (non-hydrogen) atoms. The molecule has 3 heteroatoms. The largest absolute Gasteiger partial charge is 0.381 e. The summed E-state index contributed by atoms with van der Waals surface area (Å²) in [6, 6.07) is 15.1. The van der Waals surface area contributed by atoms with Gasteiger partial charge in [-0.25, -0.2) is 4.39 Å². The minimum Gasteiger partial charge on any atom is -0.381 e. The topological polar surface area (TPSA) is 24.9 Å². The highest BCUT2D eigenvalue weighted by Gasteiger charge is 2.02. The van der Waals surface area contributed by atoms with Crippen molar-refractivity contribution in [2.75, 3.05) is 5.32 Å². The van der Waals surface area contributed by atoms with Crippen molar-refractivity contribution in [2.24, 2.45) is 0 Å². The summed E-state index contributed by atoms with van der Waals surface area (Å²) in [7, 11) is 0. The average molecular weight is 266 g/mol. The Bertz CT molecular complexity index is 748. The Morgan fingerprint density at radius 3 is 2.80 bits per heavy atom. The number of fused-ring (bicyclic) bond motifs is 1. The summed E-state index contributed by atoms with van der Waals surface area (Å²) in [6.45, 7) is 2.45. The Balaban J connectivity index is 1.85. The summed E-state index contributed by atoms with van der Waals surface area (Å²) >= 11 is 0. The van der Waals surface area contributed by atoms with Gasteiger partial charge in [0.05, 0.1) is 5.52 Å². The fourth-order valence-electron chi connectivity index (χ4n) is 2.26. The summed E-state index contributed by atoms with van der Waals surface area (Å²) in [5.41, 5.74) is 3.74. The third-order valence-electron chi connectivity index (χ3n) is 3.38. The van der Waals surface area contributed by atoms with E-state index in [4.69, 9.17) is 0 Å². The Morgan fingerprint density at radius 2 is 1.95 bits per heavy atom. The molecule has 0 unspecified atom stereocenters. The maximum absolute atomic E-state index is 13.2. The Kier molecular flexibility index (Phi) is 3.33. The molecule has 0 bridgehead atoms. The number of anilines is 1. The lowest BCUT2D eigenvalue weighted by Gasteiger charge is -2.10. The second-order valence-electron chi connectivity index (χ2n) is 4.80.